The van der Waals surface area contributed by atoms with E-state index in [1.165, 1.54) is 5.56 Å². The fraction of sp³-hybridized carbons (Fsp3) is 0.474. The van der Waals surface area contributed by atoms with Crippen LogP contribution >= 0.6 is 12.4 Å². The molecule has 1 fully saturated rings. The number of hydrogen-bond donors (Lipinski definition) is 1. The first-order valence-electron chi connectivity index (χ1n) is 8.59. The van der Waals surface area contributed by atoms with Gasteiger partial charge in [-0.1, -0.05) is 37.3 Å². The Hall–Kier alpha value is -1.85. The molecule has 3 atom stereocenters. The van der Waals surface area contributed by atoms with Crippen LogP contribution in [0.5, 0.6) is 0 Å². The molecule has 2 heterocycles. The second-order valence-electron chi connectivity index (χ2n) is 6.74. The number of likely N-dealkylation sites (tertiary alicyclic amines) is 1. The summed E-state index contributed by atoms with van der Waals surface area (Å²) in [7, 11) is 3.70. The molecule has 2 aromatic rings. The van der Waals surface area contributed by atoms with E-state index in [0.29, 0.717) is 11.8 Å². The van der Waals surface area contributed by atoms with Crippen molar-refractivity contribution in [3.63, 3.8) is 0 Å². The fourth-order valence-electron chi connectivity index (χ4n) is 3.75. The van der Waals surface area contributed by atoms with Gasteiger partial charge in [0.2, 0.25) is 5.91 Å². The molecule has 25 heavy (non-hydrogen) atoms. The third-order valence-electron chi connectivity index (χ3n) is 5.04. The molecule has 3 rings (SSSR count). The first-order chi connectivity index (χ1) is 11.6. The number of piperidine rings is 1. The molecule has 1 saturated heterocycles. The summed E-state index contributed by atoms with van der Waals surface area (Å²) >= 11 is 0. The highest BCUT2D eigenvalue weighted by molar-refractivity contribution is 5.85. The Morgan fingerprint density at radius 3 is 2.60 bits per heavy atom. The molecule has 1 aromatic carbocycles. The van der Waals surface area contributed by atoms with Crippen LogP contribution in [0.3, 0.4) is 0 Å². The van der Waals surface area contributed by atoms with Crippen LogP contribution < -0.4 is 5.32 Å². The third kappa shape index (κ3) is 4.22. The van der Waals surface area contributed by atoms with Crippen molar-refractivity contribution in [3.05, 3.63) is 53.9 Å². The molecular formula is C19H27ClN4O. The summed E-state index contributed by atoms with van der Waals surface area (Å²) in [5, 5.41) is 7.33. The minimum Gasteiger partial charge on any atom is -0.341 e. The van der Waals surface area contributed by atoms with Crippen LogP contribution in [0.15, 0.2) is 42.7 Å². The standard InChI is InChI=1S/C19H26N4O.ClH/c1-14-12-23(10-9-17(14)15-7-5-4-6-8-15)19(24)18(20-2)16-11-21-22(3)13-16;/h4-8,11,13-14,17-18,20H,9-10,12H2,1-3H3;1H. The first-order valence-corrected chi connectivity index (χ1v) is 8.59. The number of carbonyl (C=O) groups excluding carboxylic acids is 1. The average molecular weight is 363 g/mol. The Labute approximate surface area is 155 Å². The van der Waals surface area contributed by atoms with E-state index in [-0.39, 0.29) is 24.4 Å². The highest BCUT2D eigenvalue weighted by Gasteiger charge is 2.33. The molecule has 1 aromatic heterocycles. The number of halogens is 1. The van der Waals surface area contributed by atoms with Crippen molar-refractivity contribution < 1.29 is 4.79 Å². The largest absolute Gasteiger partial charge is 0.341 e. The van der Waals surface area contributed by atoms with Crippen molar-refractivity contribution in [1.29, 1.82) is 0 Å². The number of nitrogens with one attached hydrogen (secondary N) is 1. The van der Waals surface area contributed by atoms with E-state index < -0.39 is 0 Å². The fourth-order valence-corrected chi connectivity index (χ4v) is 3.75. The highest BCUT2D eigenvalue weighted by Crippen LogP contribution is 2.33. The molecule has 3 unspecified atom stereocenters. The minimum absolute atomic E-state index is 0. The van der Waals surface area contributed by atoms with Gasteiger partial charge >= 0.3 is 0 Å². The van der Waals surface area contributed by atoms with Crippen molar-refractivity contribution in [2.75, 3.05) is 20.1 Å². The Balaban J connectivity index is 0.00000225. The third-order valence-corrected chi connectivity index (χ3v) is 5.04. The lowest BCUT2D eigenvalue weighted by molar-refractivity contribution is -0.135. The molecule has 0 saturated carbocycles. The Morgan fingerprint density at radius 1 is 1.32 bits per heavy atom. The lowest BCUT2D eigenvalue weighted by Gasteiger charge is -2.38. The van der Waals surface area contributed by atoms with Gasteiger partial charge in [-0.3, -0.25) is 9.48 Å². The quantitative estimate of drug-likeness (QED) is 0.909. The van der Waals surface area contributed by atoms with E-state index in [9.17, 15) is 4.79 Å². The zero-order valence-corrected chi connectivity index (χ0v) is 15.9. The van der Waals surface area contributed by atoms with Gasteiger partial charge in [0.15, 0.2) is 0 Å². The van der Waals surface area contributed by atoms with Crippen molar-refractivity contribution in [2.45, 2.75) is 25.3 Å². The molecule has 1 amide bonds. The summed E-state index contributed by atoms with van der Waals surface area (Å²) in [6.45, 7) is 3.85. The second kappa shape index (κ2) is 8.50. The van der Waals surface area contributed by atoms with Crippen LogP contribution in [0.2, 0.25) is 0 Å². The number of hydrogen-bond acceptors (Lipinski definition) is 3. The molecular weight excluding hydrogens is 336 g/mol. The van der Waals surface area contributed by atoms with Gasteiger partial charge in [-0.15, -0.1) is 12.4 Å². The van der Waals surface area contributed by atoms with E-state index in [2.05, 4.69) is 47.7 Å². The van der Waals surface area contributed by atoms with Crippen molar-refractivity contribution in [3.8, 4) is 0 Å². The summed E-state index contributed by atoms with van der Waals surface area (Å²) in [6, 6.07) is 10.3. The molecule has 0 bridgehead atoms. The van der Waals surface area contributed by atoms with Crippen LogP contribution in [-0.2, 0) is 11.8 Å². The molecule has 0 radical (unpaired) electrons. The van der Waals surface area contributed by atoms with Gasteiger partial charge in [-0.05, 0) is 30.9 Å². The monoisotopic (exact) mass is 362 g/mol. The predicted octanol–water partition coefficient (Wildman–Crippen LogP) is 2.75. The molecule has 1 aliphatic rings. The normalized spacial score (nSPS) is 21.5. The van der Waals surface area contributed by atoms with Crippen molar-refractivity contribution in [1.82, 2.24) is 20.0 Å². The number of rotatable bonds is 4. The van der Waals surface area contributed by atoms with Crippen LogP contribution in [0, 0.1) is 5.92 Å². The number of carbonyl (C=O) groups is 1. The van der Waals surface area contributed by atoms with Crippen LogP contribution in [-0.4, -0.2) is 40.7 Å². The average Bonchev–Trinajstić information content (AvgIpc) is 3.02. The SMILES string of the molecule is CNC(C(=O)N1CCC(c2ccccc2)C(C)C1)c1cnn(C)c1.Cl. The lowest BCUT2D eigenvalue weighted by atomic mass is 9.81. The zero-order chi connectivity index (χ0) is 17.1. The van der Waals surface area contributed by atoms with Gasteiger partial charge in [0.25, 0.3) is 0 Å². The Bertz CT molecular complexity index is 688. The van der Waals surface area contributed by atoms with Gasteiger partial charge in [0.05, 0.1) is 6.20 Å². The van der Waals surface area contributed by atoms with Crippen LogP contribution in [0.1, 0.15) is 36.4 Å². The van der Waals surface area contributed by atoms with Crippen LogP contribution in [0.25, 0.3) is 0 Å². The first kappa shape index (κ1) is 19.5. The van der Waals surface area contributed by atoms with E-state index >= 15 is 0 Å². The topological polar surface area (TPSA) is 50.2 Å². The number of likely N-dealkylation sites (N-methyl/N-ethyl adjacent to an activating group) is 1. The van der Waals surface area contributed by atoms with Crippen molar-refractivity contribution >= 4 is 18.3 Å². The molecule has 6 heteroatoms. The van der Waals surface area contributed by atoms with Gasteiger partial charge in [-0.25, -0.2) is 0 Å². The van der Waals surface area contributed by atoms with E-state index in [4.69, 9.17) is 0 Å². The molecule has 0 spiro atoms. The Morgan fingerprint density at radius 2 is 2.04 bits per heavy atom. The number of benzene rings is 1. The molecule has 136 valence electrons. The maximum Gasteiger partial charge on any atom is 0.244 e. The summed E-state index contributed by atoms with van der Waals surface area (Å²) < 4.78 is 1.73. The zero-order valence-electron chi connectivity index (χ0n) is 15.1. The number of aromatic nitrogens is 2. The number of nitrogens with zero attached hydrogens (tertiary/aromatic N) is 3. The number of aryl methyl sites for hydroxylation is 1. The van der Waals surface area contributed by atoms with E-state index in [1.807, 2.05) is 25.2 Å². The lowest BCUT2D eigenvalue weighted by Crippen LogP contribution is -2.46. The van der Waals surface area contributed by atoms with E-state index in [0.717, 1.165) is 25.1 Å². The number of amides is 1. The molecule has 0 aliphatic carbocycles. The molecule has 1 N–H and O–H groups in total. The Kier molecular flexibility index (Phi) is 6.62. The smallest absolute Gasteiger partial charge is 0.244 e. The van der Waals surface area contributed by atoms with Gasteiger partial charge < -0.3 is 10.2 Å². The predicted molar refractivity (Wildman–Crippen MR) is 102 cm³/mol. The highest BCUT2D eigenvalue weighted by atomic mass is 35.5. The van der Waals surface area contributed by atoms with Crippen LogP contribution in [0.4, 0.5) is 0 Å². The van der Waals surface area contributed by atoms with Gasteiger partial charge in [0.1, 0.15) is 6.04 Å². The maximum absolute atomic E-state index is 13.0. The molecule has 5 nitrogen and oxygen atoms in total. The minimum atomic E-state index is -0.320. The summed E-state index contributed by atoms with van der Waals surface area (Å²) in [6.07, 6.45) is 4.68. The second-order valence-corrected chi connectivity index (χ2v) is 6.74. The van der Waals surface area contributed by atoms with E-state index in [1.54, 1.807) is 10.9 Å². The molecule has 1 aliphatic heterocycles. The summed E-state index contributed by atoms with van der Waals surface area (Å²) in [4.78, 5) is 15.0. The van der Waals surface area contributed by atoms with Gasteiger partial charge in [0, 0.05) is 31.9 Å². The van der Waals surface area contributed by atoms with Crippen molar-refractivity contribution in [2.24, 2.45) is 13.0 Å². The summed E-state index contributed by atoms with van der Waals surface area (Å²) in [5.41, 5.74) is 2.30. The summed E-state index contributed by atoms with van der Waals surface area (Å²) in [5.74, 6) is 1.13. The van der Waals surface area contributed by atoms with Gasteiger partial charge in [-0.2, -0.15) is 5.10 Å². The maximum atomic E-state index is 13.0.